The van der Waals surface area contributed by atoms with Gasteiger partial charge in [0, 0.05) is 43.3 Å². The summed E-state index contributed by atoms with van der Waals surface area (Å²) in [6.45, 7) is 19.4. The van der Waals surface area contributed by atoms with Gasteiger partial charge in [-0.3, -0.25) is 0 Å². The van der Waals surface area contributed by atoms with Crippen LogP contribution in [0, 0.1) is 44.4 Å². The number of anilines is 5. The average molecular weight is 721 g/mol. The summed E-state index contributed by atoms with van der Waals surface area (Å²) in [6, 6.07) is 39.1. The molecular formula is C50H49BN2S. The van der Waals surface area contributed by atoms with Crippen LogP contribution in [0.4, 0.5) is 28.4 Å². The predicted molar refractivity (Wildman–Crippen MR) is 235 cm³/mol. The van der Waals surface area contributed by atoms with E-state index in [0.29, 0.717) is 5.92 Å². The fraction of sp³-hybridized carbons (Fsp3) is 0.280. The van der Waals surface area contributed by atoms with Crippen LogP contribution in [0.1, 0.15) is 69.2 Å². The van der Waals surface area contributed by atoms with Gasteiger partial charge < -0.3 is 9.80 Å². The van der Waals surface area contributed by atoms with Crippen LogP contribution in [0.15, 0.2) is 126 Å². The third-order valence-electron chi connectivity index (χ3n) is 13.3. The fourth-order valence-electron chi connectivity index (χ4n) is 10.5. The molecule has 1 atom stereocenters. The molecule has 0 N–H and O–H groups in total. The van der Waals surface area contributed by atoms with Crippen molar-refractivity contribution >= 4 is 66.8 Å². The number of benzene rings is 5. The van der Waals surface area contributed by atoms with Gasteiger partial charge in [0.25, 0.3) is 6.71 Å². The normalized spacial score (nSPS) is 19.3. The fourth-order valence-corrected chi connectivity index (χ4v) is 11.8. The second-order valence-electron chi connectivity index (χ2n) is 18.0. The van der Waals surface area contributed by atoms with E-state index in [1.54, 1.807) is 11.0 Å². The van der Waals surface area contributed by atoms with E-state index in [-0.39, 0.29) is 17.5 Å². The lowest BCUT2D eigenvalue weighted by molar-refractivity contribution is 0.122. The Morgan fingerprint density at radius 1 is 0.667 bits per heavy atom. The van der Waals surface area contributed by atoms with Gasteiger partial charge in [0.15, 0.2) is 0 Å². The molecule has 2 aliphatic carbocycles. The first-order valence-electron chi connectivity index (χ1n) is 19.9. The van der Waals surface area contributed by atoms with Crippen molar-refractivity contribution in [1.82, 2.24) is 0 Å². The van der Waals surface area contributed by atoms with Crippen molar-refractivity contribution in [2.75, 3.05) is 9.80 Å². The summed E-state index contributed by atoms with van der Waals surface area (Å²) in [5.41, 5.74) is 20.7. The predicted octanol–water partition coefficient (Wildman–Crippen LogP) is 12.9. The van der Waals surface area contributed by atoms with Crippen molar-refractivity contribution in [1.29, 1.82) is 0 Å². The molecule has 0 radical (unpaired) electrons. The molecule has 0 spiro atoms. The molecular weight excluding hydrogens is 671 g/mol. The first kappa shape index (κ1) is 33.7. The zero-order valence-corrected chi connectivity index (χ0v) is 33.8. The Morgan fingerprint density at radius 3 is 2.09 bits per heavy atom. The molecule has 1 unspecified atom stereocenters. The molecule has 3 heterocycles. The minimum Gasteiger partial charge on any atom is -0.311 e. The molecule has 1 saturated carbocycles. The third kappa shape index (κ3) is 4.98. The highest BCUT2D eigenvalue weighted by Gasteiger charge is 2.52. The number of hydrogen-bond acceptors (Lipinski definition) is 3. The zero-order chi connectivity index (χ0) is 37.3. The molecule has 10 rings (SSSR count). The summed E-state index contributed by atoms with van der Waals surface area (Å²) < 4.78 is 2.85. The van der Waals surface area contributed by atoms with Crippen LogP contribution >= 0.6 is 11.3 Å². The van der Waals surface area contributed by atoms with Crippen LogP contribution in [0.5, 0.6) is 0 Å². The topological polar surface area (TPSA) is 6.48 Å². The van der Waals surface area contributed by atoms with Gasteiger partial charge in [0.1, 0.15) is 0 Å². The van der Waals surface area contributed by atoms with Gasteiger partial charge in [-0.2, -0.15) is 0 Å². The molecule has 4 aliphatic rings. The van der Waals surface area contributed by atoms with Gasteiger partial charge in [-0.15, -0.1) is 11.3 Å². The number of nitrogens with zero attached hydrogens (tertiary/aromatic N) is 2. The van der Waals surface area contributed by atoms with Gasteiger partial charge in [-0.05, 0) is 151 Å². The summed E-state index contributed by atoms with van der Waals surface area (Å²) in [6.07, 6.45) is 6.26. The number of aryl methyl sites for hydroxylation is 4. The molecule has 1 aromatic heterocycles. The summed E-state index contributed by atoms with van der Waals surface area (Å²) in [5, 5.41) is 1.36. The van der Waals surface area contributed by atoms with E-state index in [9.17, 15) is 0 Å². The summed E-state index contributed by atoms with van der Waals surface area (Å²) in [5.74, 6) is 0.508. The molecule has 0 amide bonds. The smallest absolute Gasteiger partial charge is 0.260 e. The van der Waals surface area contributed by atoms with Crippen LogP contribution in [0.2, 0.25) is 0 Å². The van der Waals surface area contributed by atoms with Crippen LogP contribution in [0.3, 0.4) is 0 Å². The second kappa shape index (κ2) is 11.9. The Hall–Kier alpha value is -4.80. The second-order valence-corrected chi connectivity index (χ2v) is 19.1. The Bertz CT molecular complexity index is 2580. The van der Waals surface area contributed by atoms with Crippen molar-refractivity contribution in [2.45, 2.75) is 74.7 Å². The highest BCUT2D eigenvalue weighted by atomic mass is 32.1. The van der Waals surface area contributed by atoms with E-state index < -0.39 is 0 Å². The Balaban J connectivity index is 1.30. The first-order valence-corrected chi connectivity index (χ1v) is 20.7. The van der Waals surface area contributed by atoms with E-state index in [1.807, 2.05) is 11.3 Å². The maximum Gasteiger partial charge on any atom is 0.260 e. The van der Waals surface area contributed by atoms with Gasteiger partial charge in [-0.25, -0.2) is 0 Å². The number of thiophene rings is 1. The van der Waals surface area contributed by atoms with E-state index in [0.717, 1.165) is 6.42 Å². The summed E-state index contributed by atoms with van der Waals surface area (Å²) >= 11 is 2.02. The molecule has 1 fully saturated rings. The molecule has 268 valence electrons. The molecule has 5 aromatic carbocycles. The highest BCUT2D eigenvalue weighted by molar-refractivity contribution is 7.32. The summed E-state index contributed by atoms with van der Waals surface area (Å²) in [7, 11) is 0. The van der Waals surface area contributed by atoms with E-state index in [2.05, 4.69) is 174 Å². The lowest BCUT2D eigenvalue weighted by atomic mass is 9.33. The van der Waals surface area contributed by atoms with Gasteiger partial charge in [0.05, 0.1) is 5.69 Å². The Labute approximate surface area is 325 Å². The van der Waals surface area contributed by atoms with Crippen molar-refractivity contribution < 1.29 is 0 Å². The largest absolute Gasteiger partial charge is 0.311 e. The lowest BCUT2D eigenvalue weighted by Gasteiger charge is -2.53. The molecule has 54 heavy (non-hydrogen) atoms. The van der Waals surface area contributed by atoms with Crippen molar-refractivity contribution in [2.24, 2.45) is 16.7 Å². The number of hydrogen-bond donors (Lipinski definition) is 0. The van der Waals surface area contributed by atoms with Gasteiger partial charge in [0.2, 0.25) is 0 Å². The van der Waals surface area contributed by atoms with Crippen LogP contribution < -0.4 is 20.0 Å². The zero-order valence-electron chi connectivity index (χ0n) is 33.0. The maximum atomic E-state index is 2.68. The lowest BCUT2D eigenvalue weighted by Crippen LogP contribution is -2.56. The minimum atomic E-state index is 0.157. The van der Waals surface area contributed by atoms with Crippen molar-refractivity contribution in [3.05, 3.63) is 148 Å². The van der Waals surface area contributed by atoms with Gasteiger partial charge >= 0.3 is 0 Å². The van der Waals surface area contributed by atoms with Crippen molar-refractivity contribution in [3.63, 3.8) is 0 Å². The Morgan fingerprint density at radius 2 is 1.35 bits per heavy atom. The maximum absolute atomic E-state index is 2.68. The Kier molecular flexibility index (Phi) is 7.41. The number of fused-ring (bicyclic) bond motifs is 6. The SMILES string of the molecule is Cc1cc(C)cc(N2c3cc(C)cc4c3B(C3=C(C=C5C(C3)C(C)(C)CCC5(C)C)N4c3ccc(-c4ccccc4)cc3C)c3sc4ccccc4c32)c1. The average Bonchev–Trinajstić information content (AvgIpc) is 3.52. The molecule has 2 aliphatic heterocycles. The number of allylic oxidation sites excluding steroid dienone is 3. The van der Waals surface area contributed by atoms with E-state index >= 15 is 0 Å². The standard InChI is InChI=1S/C50H49BN2S/c1-30-22-31(2)24-36(23-30)52-43-25-32(3)26-44-46(43)51(48-47(52)37-16-12-13-17-45(37)54-48)40-28-38-39(50(7,8)21-20-49(38,5)6)29-42(40)53(44)41-19-18-35(27-33(41)4)34-14-10-9-11-15-34/h9-19,22-27,29,38H,20-21,28H2,1-8H3. The molecule has 0 bridgehead atoms. The minimum absolute atomic E-state index is 0.157. The number of rotatable bonds is 3. The summed E-state index contributed by atoms with van der Waals surface area (Å²) in [4.78, 5) is 5.31. The first-order chi connectivity index (χ1) is 25.9. The molecule has 4 heteroatoms. The molecule has 2 nitrogen and oxygen atoms in total. The highest BCUT2D eigenvalue weighted by Crippen LogP contribution is 2.59. The van der Waals surface area contributed by atoms with Crippen LogP contribution in [-0.2, 0) is 0 Å². The quantitative estimate of drug-likeness (QED) is 0.168. The van der Waals surface area contributed by atoms with E-state index in [4.69, 9.17) is 0 Å². The molecule has 6 aromatic rings. The van der Waals surface area contributed by atoms with Crippen LogP contribution in [0.25, 0.3) is 21.2 Å². The van der Waals surface area contributed by atoms with E-state index in [1.165, 1.54) is 101 Å². The van der Waals surface area contributed by atoms with Crippen molar-refractivity contribution in [3.8, 4) is 11.1 Å². The monoisotopic (exact) mass is 720 g/mol. The van der Waals surface area contributed by atoms with Gasteiger partial charge in [-0.1, -0.05) is 99.4 Å². The van der Waals surface area contributed by atoms with Crippen LogP contribution in [-0.4, -0.2) is 6.71 Å². The molecule has 0 saturated heterocycles. The third-order valence-corrected chi connectivity index (χ3v) is 14.5.